The number of aromatic hydroxyl groups is 1. The van der Waals surface area contributed by atoms with Gasteiger partial charge >= 0.3 is 5.69 Å². The van der Waals surface area contributed by atoms with Gasteiger partial charge in [-0.05, 0) is 65.8 Å². The summed E-state index contributed by atoms with van der Waals surface area (Å²) in [5.74, 6) is -1.99. The van der Waals surface area contributed by atoms with Crippen LogP contribution >= 0.6 is 11.6 Å². The van der Waals surface area contributed by atoms with E-state index in [-0.39, 0.29) is 5.69 Å². The van der Waals surface area contributed by atoms with E-state index in [2.05, 4.69) is 10.1 Å². The fourth-order valence-electron chi connectivity index (χ4n) is 4.71. The maximum atomic E-state index is 13.2. The molecule has 0 radical (unpaired) electrons. The summed E-state index contributed by atoms with van der Waals surface area (Å²) >= 11 is 5.89. The molecule has 0 saturated heterocycles. The molecule has 2 amide bonds. The third kappa shape index (κ3) is 3.05. The lowest BCUT2D eigenvalue weighted by molar-refractivity contribution is 0.0616. The van der Waals surface area contributed by atoms with Crippen molar-refractivity contribution in [3.8, 4) is 11.6 Å². The SMILES string of the molecule is O=C1c2ccc3c4c(ccc(c24)C(=O)N1/N=C/c1c(O)n(-c2ccc(Cl)cc2)c(=O)[nH]c1=O)CC3. The predicted molar refractivity (Wildman–Crippen MR) is 129 cm³/mol. The largest absolute Gasteiger partial charge is 0.493 e. The van der Waals surface area contributed by atoms with Crippen LogP contribution in [0.3, 0.4) is 0 Å². The highest BCUT2D eigenvalue weighted by molar-refractivity contribution is 6.30. The molecule has 0 saturated carbocycles. The lowest BCUT2D eigenvalue weighted by Crippen LogP contribution is -2.37. The molecule has 172 valence electrons. The maximum Gasteiger partial charge on any atom is 0.335 e. The number of aryl methyl sites for hydroxylation is 2. The van der Waals surface area contributed by atoms with Gasteiger partial charge in [0.15, 0.2) is 0 Å². The number of nitrogens with one attached hydrogen (secondary N) is 1. The zero-order valence-electron chi connectivity index (χ0n) is 17.9. The molecule has 0 fully saturated rings. The Morgan fingerprint density at radius 3 is 2.06 bits per heavy atom. The molecule has 0 unspecified atom stereocenters. The number of halogens is 1. The number of hydrazone groups is 1. The van der Waals surface area contributed by atoms with Gasteiger partial charge in [-0.1, -0.05) is 23.7 Å². The predicted octanol–water partition coefficient (Wildman–Crippen LogP) is 2.77. The molecule has 3 aromatic carbocycles. The third-order valence-corrected chi connectivity index (χ3v) is 6.60. The summed E-state index contributed by atoms with van der Waals surface area (Å²) in [6, 6.07) is 13.1. The first-order chi connectivity index (χ1) is 16.8. The van der Waals surface area contributed by atoms with Crippen molar-refractivity contribution >= 4 is 40.4 Å². The minimum absolute atomic E-state index is 0.241. The van der Waals surface area contributed by atoms with Gasteiger partial charge in [0.25, 0.3) is 17.4 Å². The molecule has 4 aromatic rings. The Bertz CT molecular complexity index is 1690. The number of amides is 2. The molecule has 2 N–H and O–H groups in total. The van der Waals surface area contributed by atoms with E-state index >= 15 is 0 Å². The molecule has 0 atom stereocenters. The van der Waals surface area contributed by atoms with Crippen molar-refractivity contribution in [2.45, 2.75) is 12.8 Å². The van der Waals surface area contributed by atoms with Crippen molar-refractivity contribution < 1.29 is 14.7 Å². The lowest BCUT2D eigenvalue weighted by Gasteiger charge is -2.23. The summed E-state index contributed by atoms with van der Waals surface area (Å²) in [7, 11) is 0. The van der Waals surface area contributed by atoms with E-state index in [1.54, 1.807) is 12.1 Å². The van der Waals surface area contributed by atoms with E-state index in [0.29, 0.717) is 26.5 Å². The Balaban J connectivity index is 1.45. The molecule has 1 aliphatic carbocycles. The Kier molecular flexibility index (Phi) is 4.52. The highest BCUT2D eigenvalue weighted by Gasteiger charge is 2.35. The van der Waals surface area contributed by atoms with E-state index < -0.39 is 34.5 Å². The van der Waals surface area contributed by atoms with Crippen LogP contribution in [0.25, 0.3) is 16.5 Å². The van der Waals surface area contributed by atoms with E-state index in [1.807, 2.05) is 12.1 Å². The summed E-state index contributed by atoms with van der Waals surface area (Å²) in [6.07, 6.45) is 2.59. The van der Waals surface area contributed by atoms with Crippen LogP contribution in [-0.2, 0) is 12.8 Å². The zero-order chi connectivity index (χ0) is 24.4. The minimum Gasteiger partial charge on any atom is -0.493 e. The van der Waals surface area contributed by atoms with Crippen molar-refractivity contribution in [2.24, 2.45) is 5.10 Å². The van der Waals surface area contributed by atoms with Crippen molar-refractivity contribution in [3.05, 3.63) is 102 Å². The summed E-state index contributed by atoms with van der Waals surface area (Å²) < 4.78 is 0.855. The first-order valence-corrected chi connectivity index (χ1v) is 11.1. The van der Waals surface area contributed by atoms with Gasteiger partial charge in [-0.15, -0.1) is 0 Å². The highest BCUT2D eigenvalue weighted by atomic mass is 35.5. The molecule has 1 aromatic heterocycles. The van der Waals surface area contributed by atoms with Gasteiger partial charge in [-0.3, -0.25) is 19.4 Å². The standard InChI is InChI=1S/C25H15ClN4O5/c26-14-5-7-15(8-6-14)29-22(32)18(21(31)28-25(29)35)11-27-30-23(33)16-9-3-12-1-2-13-4-10-17(24(30)34)20(16)19(12)13/h3-11,32H,1-2H2,(H,28,31,35)/b27-11+. The van der Waals surface area contributed by atoms with Crippen LogP contribution in [0.1, 0.15) is 37.4 Å². The van der Waals surface area contributed by atoms with Crippen LogP contribution in [0.2, 0.25) is 5.02 Å². The van der Waals surface area contributed by atoms with Crippen LogP contribution in [0.5, 0.6) is 5.88 Å². The number of carbonyl (C=O) groups is 2. The normalized spacial score (nSPS) is 14.5. The topological polar surface area (TPSA) is 125 Å². The van der Waals surface area contributed by atoms with Crippen molar-refractivity contribution in [1.82, 2.24) is 14.6 Å². The number of aromatic nitrogens is 2. The zero-order valence-corrected chi connectivity index (χ0v) is 18.7. The molecular weight excluding hydrogens is 472 g/mol. The molecule has 6 rings (SSSR count). The van der Waals surface area contributed by atoms with Crippen molar-refractivity contribution in [3.63, 3.8) is 0 Å². The van der Waals surface area contributed by atoms with E-state index in [4.69, 9.17) is 11.6 Å². The van der Waals surface area contributed by atoms with E-state index in [0.717, 1.165) is 40.1 Å². The maximum absolute atomic E-state index is 13.2. The Morgan fingerprint density at radius 1 is 0.857 bits per heavy atom. The summed E-state index contributed by atoms with van der Waals surface area (Å²) in [4.78, 5) is 53.3. The van der Waals surface area contributed by atoms with Gasteiger partial charge in [0.05, 0.1) is 23.0 Å². The number of benzene rings is 3. The van der Waals surface area contributed by atoms with E-state index in [9.17, 15) is 24.3 Å². The number of carbonyl (C=O) groups excluding carboxylic acids is 2. The number of hydrogen-bond donors (Lipinski definition) is 2. The number of hydrogen-bond acceptors (Lipinski definition) is 6. The summed E-state index contributed by atoms with van der Waals surface area (Å²) in [5.41, 5.74) is 0.895. The van der Waals surface area contributed by atoms with Gasteiger partial charge in [-0.25, -0.2) is 9.36 Å². The van der Waals surface area contributed by atoms with Crippen LogP contribution in [0, 0.1) is 0 Å². The fraction of sp³-hybridized carbons (Fsp3) is 0.0800. The van der Waals surface area contributed by atoms with E-state index in [1.165, 1.54) is 24.3 Å². The first-order valence-electron chi connectivity index (χ1n) is 10.7. The Labute approximate surface area is 201 Å². The van der Waals surface area contributed by atoms with Gasteiger partial charge in [0, 0.05) is 10.4 Å². The average molecular weight is 487 g/mol. The lowest BCUT2D eigenvalue weighted by atomic mass is 9.92. The first kappa shape index (κ1) is 21.1. The molecule has 2 aliphatic rings. The second-order valence-electron chi connectivity index (χ2n) is 8.27. The van der Waals surface area contributed by atoms with Crippen LogP contribution in [0.4, 0.5) is 0 Å². The summed E-state index contributed by atoms with van der Waals surface area (Å²) in [5, 5.41) is 17.3. The highest BCUT2D eigenvalue weighted by Crippen LogP contribution is 2.38. The van der Waals surface area contributed by atoms with Crippen molar-refractivity contribution in [2.75, 3.05) is 0 Å². The second kappa shape index (κ2) is 7.51. The van der Waals surface area contributed by atoms with Gasteiger partial charge in [0.2, 0.25) is 5.88 Å². The monoisotopic (exact) mass is 486 g/mol. The number of imide groups is 1. The summed E-state index contributed by atoms with van der Waals surface area (Å²) in [6.45, 7) is 0. The number of rotatable bonds is 3. The average Bonchev–Trinajstić information content (AvgIpc) is 3.26. The molecule has 1 aliphatic heterocycles. The molecule has 2 heterocycles. The molecule has 9 nitrogen and oxygen atoms in total. The minimum atomic E-state index is -0.930. The quantitative estimate of drug-likeness (QED) is 0.340. The smallest absolute Gasteiger partial charge is 0.335 e. The molecule has 0 spiro atoms. The molecular formula is C25H15ClN4O5. The van der Waals surface area contributed by atoms with Crippen LogP contribution in [-0.4, -0.2) is 37.7 Å². The van der Waals surface area contributed by atoms with Gasteiger partial charge in [0.1, 0.15) is 5.56 Å². The second-order valence-corrected chi connectivity index (χ2v) is 8.71. The number of H-pyrrole nitrogens is 1. The molecule has 35 heavy (non-hydrogen) atoms. The molecule has 10 heteroatoms. The van der Waals surface area contributed by atoms with Crippen LogP contribution in [0.15, 0.2) is 63.2 Å². The Morgan fingerprint density at radius 2 is 1.46 bits per heavy atom. The van der Waals surface area contributed by atoms with Gasteiger partial charge in [-0.2, -0.15) is 10.1 Å². The number of nitrogens with zero attached hydrogens (tertiary/aromatic N) is 3. The van der Waals surface area contributed by atoms with Crippen molar-refractivity contribution in [1.29, 1.82) is 0 Å². The van der Waals surface area contributed by atoms with Crippen LogP contribution < -0.4 is 11.2 Å². The molecule has 0 bridgehead atoms. The fourth-order valence-corrected chi connectivity index (χ4v) is 4.84. The van der Waals surface area contributed by atoms with Gasteiger partial charge < -0.3 is 5.11 Å². The number of aromatic amines is 1. The Hall–Kier alpha value is -4.50. The third-order valence-electron chi connectivity index (χ3n) is 6.35.